The standard InChI is InChI=1S/C33H44N8O2/c1-21-14-24-15-27(36-21)26-17-35-40(6)31(26)43-13-7-8-23(22-9-10-22)18-41-29-12-11-25(34-19-33(2,3)20-39(4)5)16-28(29)37-32(41)38-30(24)42/h11-12,14-17,22-23,34H,7-10,13,18-20H2,1-6H3,(H,37,38,42). The van der Waals surface area contributed by atoms with E-state index in [4.69, 9.17) is 9.72 Å². The highest BCUT2D eigenvalue weighted by Gasteiger charge is 2.36. The number of rotatable bonds is 6. The van der Waals surface area contributed by atoms with Crippen LogP contribution in [0.25, 0.3) is 11.3 Å². The molecule has 6 rings (SSSR count). The molecule has 1 aliphatic carbocycles. The Balaban J connectivity index is 1.34. The Labute approximate surface area is 254 Å². The Morgan fingerprint density at radius 1 is 1.14 bits per heavy atom. The largest absolute Gasteiger partial charge is 0.477 e. The maximum absolute atomic E-state index is 13.7. The van der Waals surface area contributed by atoms with E-state index in [1.165, 1.54) is 12.8 Å². The van der Waals surface area contributed by atoms with Gasteiger partial charge in [-0.1, -0.05) is 13.8 Å². The SMILES string of the molecule is Cc1cc2cc(n1)-c1cnn(C)c1OCCCC(C1CC1)CN1/C(=N/C2=O)Nc2cc(NCC(C)(C)CN(C)C)ccc21. The van der Waals surface area contributed by atoms with Crippen LogP contribution in [0, 0.1) is 24.2 Å². The number of nitrogens with zero attached hydrogens (tertiary/aromatic N) is 6. The third kappa shape index (κ3) is 6.54. The predicted octanol–water partition coefficient (Wildman–Crippen LogP) is 5.42. The summed E-state index contributed by atoms with van der Waals surface area (Å²) in [5, 5.41) is 11.6. The molecule has 2 N–H and O–H groups in total. The summed E-state index contributed by atoms with van der Waals surface area (Å²) in [6.07, 6.45) is 6.23. The number of aryl methyl sites for hydroxylation is 2. The van der Waals surface area contributed by atoms with Gasteiger partial charge in [0.25, 0.3) is 5.91 Å². The van der Waals surface area contributed by atoms with Crippen LogP contribution in [0.3, 0.4) is 0 Å². The zero-order valence-corrected chi connectivity index (χ0v) is 26.3. The Kier molecular flexibility index (Phi) is 7.89. The molecule has 43 heavy (non-hydrogen) atoms. The third-order valence-electron chi connectivity index (χ3n) is 8.54. The number of fused-ring (bicyclic) bond motifs is 7. The number of nitrogens with one attached hydrogen (secondary N) is 2. The second-order valence-corrected chi connectivity index (χ2v) is 13.4. The third-order valence-corrected chi connectivity index (χ3v) is 8.54. The van der Waals surface area contributed by atoms with E-state index in [-0.39, 0.29) is 11.3 Å². The minimum Gasteiger partial charge on any atom is -0.477 e. The van der Waals surface area contributed by atoms with Gasteiger partial charge >= 0.3 is 0 Å². The van der Waals surface area contributed by atoms with Crippen molar-refractivity contribution in [1.29, 1.82) is 0 Å². The molecular formula is C33H44N8O2. The number of hydrogen-bond acceptors (Lipinski definition) is 8. The van der Waals surface area contributed by atoms with Gasteiger partial charge in [0.2, 0.25) is 11.8 Å². The van der Waals surface area contributed by atoms with Crippen LogP contribution in [0.15, 0.2) is 41.5 Å². The maximum atomic E-state index is 13.7. The number of ether oxygens (including phenoxy) is 1. The lowest BCUT2D eigenvalue weighted by Crippen LogP contribution is -2.36. The smallest absolute Gasteiger partial charge is 0.280 e. The molecule has 2 bridgehead atoms. The summed E-state index contributed by atoms with van der Waals surface area (Å²) >= 11 is 0. The van der Waals surface area contributed by atoms with Crippen LogP contribution in [0.4, 0.5) is 17.1 Å². The second kappa shape index (κ2) is 11.6. The summed E-state index contributed by atoms with van der Waals surface area (Å²) in [6, 6.07) is 10.0. The molecule has 3 aromatic rings. The van der Waals surface area contributed by atoms with E-state index in [1.54, 1.807) is 23.0 Å². The lowest BCUT2D eigenvalue weighted by molar-refractivity contribution is 0.100. The molecule has 1 atom stereocenters. The van der Waals surface area contributed by atoms with E-state index in [1.807, 2.05) is 14.0 Å². The Morgan fingerprint density at radius 2 is 1.95 bits per heavy atom. The first-order chi connectivity index (χ1) is 20.6. The normalized spacial score (nSPS) is 20.2. The van der Waals surface area contributed by atoms with Gasteiger partial charge in [-0.25, -0.2) is 4.68 Å². The average Bonchev–Trinajstić information content (AvgIpc) is 3.65. The summed E-state index contributed by atoms with van der Waals surface area (Å²) in [5.74, 6) is 2.11. The zero-order chi connectivity index (χ0) is 30.3. The number of carbonyl (C=O) groups excluding carboxylic acids is 1. The minimum atomic E-state index is -0.306. The summed E-state index contributed by atoms with van der Waals surface area (Å²) in [6.45, 7) is 9.67. The van der Waals surface area contributed by atoms with E-state index in [0.29, 0.717) is 41.5 Å². The Bertz CT molecular complexity index is 1540. The second-order valence-electron chi connectivity index (χ2n) is 13.4. The monoisotopic (exact) mass is 584 g/mol. The highest BCUT2D eigenvalue weighted by Crippen LogP contribution is 2.43. The maximum Gasteiger partial charge on any atom is 0.280 e. The molecule has 10 heteroatoms. The van der Waals surface area contributed by atoms with Crippen molar-refractivity contribution in [3.05, 3.63) is 47.8 Å². The van der Waals surface area contributed by atoms with E-state index in [0.717, 1.165) is 60.8 Å². The molecule has 2 aromatic heterocycles. The van der Waals surface area contributed by atoms with Crippen LogP contribution in [-0.4, -0.2) is 71.9 Å². The van der Waals surface area contributed by atoms with Gasteiger partial charge in [0, 0.05) is 43.6 Å². The Hall–Kier alpha value is -3.92. The Morgan fingerprint density at radius 3 is 2.72 bits per heavy atom. The number of benzene rings is 1. The van der Waals surface area contributed by atoms with Crippen molar-refractivity contribution < 1.29 is 9.53 Å². The van der Waals surface area contributed by atoms with Gasteiger partial charge in [-0.2, -0.15) is 10.1 Å². The lowest BCUT2D eigenvalue weighted by Gasteiger charge is -2.29. The molecule has 1 saturated carbocycles. The summed E-state index contributed by atoms with van der Waals surface area (Å²) in [5.41, 5.74) is 5.85. The zero-order valence-electron chi connectivity index (χ0n) is 26.3. The summed E-state index contributed by atoms with van der Waals surface area (Å²) in [7, 11) is 6.09. The highest BCUT2D eigenvalue weighted by atomic mass is 16.5. The number of hydrogen-bond donors (Lipinski definition) is 2. The van der Waals surface area contributed by atoms with E-state index >= 15 is 0 Å². The van der Waals surface area contributed by atoms with Crippen LogP contribution >= 0.6 is 0 Å². The molecule has 228 valence electrons. The first-order valence-electron chi connectivity index (χ1n) is 15.4. The predicted molar refractivity (Wildman–Crippen MR) is 172 cm³/mol. The number of aromatic nitrogens is 3. The quantitative estimate of drug-likeness (QED) is 0.397. The van der Waals surface area contributed by atoms with Gasteiger partial charge in [0.15, 0.2) is 0 Å². The van der Waals surface area contributed by atoms with E-state index in [9.17, 15) is 4.79 Å². The number of guanidine groups is 1. The minimum absolute atomic E-state index is 0.114. The van der Waals surface area contributed by atoms with Crippen molar-refractivity contribution in [2.45, 2.75) is 46.5 Å². The highest BCUT2D eigenvalue weighted by molar-refractivity contribution is 6.19. The van der Waals surface area contributed by atoms with Gasteiger partial charge < -0.3 is 25.2 Å². The molecule has 4 heterocycles. The van der Waals surface area contributed by atoms with Gasteiger partial charge in [-0.3, -0.25) is 9.78 Å². The van der Waals surface area contributed by atoms with Crippen molar-refractivity contribution in [3.8, 4) is 17.1 Å². The van der Waals surface area contributed by atoms with E-state index in [2.05, 4.69) is 76.7 Å². The molecule has 0 saturated heterocycles. The number of pyridine rings is 1. The average molecular weight is 585 g/mol. The number of carbonyl (C=O) groups is 1. The molecule has 2 aliphatic heterocycles. The van der Waals surface area contributed by atoms with Gasteiger partial charge in [0.05, 0.1) is 35.4 Å². The molecule has 1 unspecified atom stereocenters. The molecule has 0 spiro atoms. The van der Waals surface area contributed by atoms with E-state index < -0.39 is 0 Å². The van der Waals surface area contributed by atoms with Crippen molar-refractivity contribution in [1.82, 2.24) is 19.7 Å². The molecule has 10 nitrogen and oxygen atoms in total. The fourth-order valence-corrected chi connectivity index (χ4v) is 6.47. The molecule has 3 aliphatic rings. The van der Waals surface area contributed by atoms with Crippen LogP contribution in [0.2, 0.25) is 0 Å². The van der Waals surface area contributed by atoms with Crippen LogP contribution in [0.1, 0.15) is 55.6 Å². The fraction of sp³-hybridized carbons (Fsp3) is 0.515. The molecular weight excluding hydrogens is 540 g/mol. The van der Waals surface area contributed by atoms with Crippen LogP contribution < -0.4 is 20.3 Å². The van der Waals surface area contributed by atoms with Crippen LogP contribution in [-0.2, 0) is 7.05 Å². The number of anilines is 3. The van der Waals surface area contributed by atoms with Gasteiger partial charge in [-0.05, 0) is 94.3 Å². The van der Waals surface area contributed by atoms with Gasteiger partial charge in [0.1, 0.15) is 0 Å². The molecule has 1 amide bonds. The van der Waals surface area contributed by atoms with Crippen molar-refractivity contribution >= 4 is 28.9 Å². The summed E-state index contributed by atoms with van der Waals surface area (Å²) in [4.78, 5) is 27.6. The molecule has 1 aromatic carbocycles. The fourth-order valence-electron chi connectivity index (χ4n) is 6.47. The number of aliphatic imine (C=N–C) groups is 1. The number of amides is 1. The first-order valence-corrected chi connectivity index (χ1v) is 15.4. The van der Waals surface area contributed by atoms with Crippen LogP contribution in [0.5, 0.6) is 5.88 Å². The van der Waals surface area contributed by atoms with Crippen molar-refractivity contribution in [2.24, 2.45) is 29.3 Å². The van der Waals surface area contributed by atoms with Gasteiger partial charge in [-0.15, -0.1) is 0 Å². The molecule has 1 fully saturated rings. The van der Waals surface area contributed by atoms with Crippen molar-refractivity contribution in [2.75, 3.05) is 55.9 Å². The lowest BCUT2D eigenvalue weighted by atomic mass is 9.93. The topological polar surface area (TPSA) is 99.9 Å². The first kappa shape index (κ1) is 29.2. The molecule has 0 radical (unpaired) electrons. The van der Waals surface area contributed by atoms with Crippen molar-refractivity contribution in [3.63, 3.8) is 0 Å². The summed E-state index contributed by atoms with van der Waals surface area (Å²) < 4.78 is 8.02.